The van der Waals surface area contributed by atoms with Gasteiger partial charge in [-0.15, -0.1) is 0 Å². The van der Waals surface area contributed by atoms with Gasteiger partial charge in [-0.05, 0) is 28.8 Å². The summed E-state index contributed by atoms with van der Waals surface area (Å²) in [6, 6.07) is 0.589. The summed E-state index contributed by atoms with van der Waals surface area (Å²) < 4.78 is 8.36. The highest BCUT2D eigenvalue weighted by atomic mass is 79.9. The van der Waals surface area contributed by atoms with E-state index in [1.54, 1.807) is 7.11 Å². The number of methoxy groups -OCH3 is 1. The van der Waals surface area contributed by atoms with Crippen LogP contribution in [0.1, 0.15) is 37.4 Å². The van der Waals surface area contributed by atoms with Crippen molar-refractivity contribution in [2.75, 3.05) is 7.11 Å². The van der Waals surface area contributed by atoms with Gasteiger partial charge in [0, 0.05) is 7.11 Å². The van der Waals surface area contributed by atoms with Gasteiger partial charge in [0.15, 0.2) is 0 Å². The third-order valence-electron chi connectivity index (χ3n) is 2.80. The zero-order chi connectivity index (χ0) is 9.97. The molecule has 14 heavy (non-hydrogen) atoms. The largest absolute Gasteiger partial charge is 0.378 e. The highest BCUT2D eigenvalue weighted by molar-refractivity contribution is 9.10. The fourth-order valence-electron chi connectivity index (χ4n) is 2.10. The number of hydrogen-bond acceptors (Lipinski definition) is 2. The van der Waals surface area contributed by atoms with Crippen molar-refractivity contribution in [1.82, 2.24) is 9.78 Å². The van der Waals surface area contributed by atoms with E-state index in [1.807, 2.05) is 6.20 Å². The molecular weight excluding hydrogens is 244 g/mol. The van der Waals surface area contributed by atoms with Crippen LogP contribution in [0.3, 0.4) is 0 Å². The first-order chi connectivity index (χ1) is 6.83. The van der Waals surface area contributed by atoms with Crippen molar-refractivity contribution < 1.29 is 4.74 Å². The lowest BCUT2D eigenvalue weighted by Crippen LogP contribution is -2.11. The summed E-state index contributed by atoms with van der Waals surface area (Å²) in [5.41, 5.74) is 1.17. The second-order valence-electron chi connectivity index (χ2n) is 3.76. The lowest BCUT2D eigenvalue weighted by Gasteiger charge is -2.13. The van der Waals surface area contributed by atoms with Gasteiger partial charge in [0.05, 0.1) is 29.0 Å². The maximum absolute atomic E-state index is 5.18. The Labute approximate surface area is 92.6 Å². The van der Waals surface area contributed by atoms with Gasteiger partial charge < -0.3 is 4.74 Å². The molecule has 1 fully saturated rings. The number of aromatic nitrogens is 2. The predicted molar refractivity (Wildman–Crippen MR) is 58.1 cm³/mol. The van der Waals surface area contributed by atoms with Crippen molar-refractivity contribution in [3.8, 4) is 0 Å². The summed E-state index contributed by atoms with van der Waals surface area (Å²) in [6.45, 7) is 0.636. The molecule has 0 radical (unpaired) electrons. The summed E-state index contributed by atoms with van der Waals surface area (Å²) in [6.07, 6.45) is 7.03. The lowest BCUT2D eigenvalue weighted by atomic mass is 10.2. The fourth-order valence-corrected chi connectivity index (χ4v) is 2.49. The molecule has 0 amide bonds. The maximum atomic E-state index is 5.18. The maximum Gasteiger partial charge on any atom is 0.0892 e. The molecule has 3 nitrogen and oxygen atoms in total. The van der Waals surface area contributed by atoms with Crippen LogP contribution >= 0.6 is 15.9 Å². The van der Waals surface area contributed by atoms with Gasteiger partial charge in [0.2, 0.25) is 0 Å². The number of ether oxygens (including phenoxy) is 1. The molecular formula is C10H15BrN2O. The van der Waals surface area contributed by atoms with Crippen LogP contribution in [-0.2, 0) is 11.3 Å². The lowest BCUT2D eigenvalue weighted by molar-refractivity contribution is 0.173. The molecule has 1 aliphatic carbocycles. The molecule has 0 N–H and O–H groups in total. The summed E-state index contributed by atoms with van der Waals surface area (Å²) >= 11 is 3.50. The second kappa shape index (κ2) is 4.45. The molecule has 2 rings (SSSR count). The zero-order valence-corrected chi connectivity index (χ0v) is 9.96. The second-order valence-corrected chi connectivity index (χ2v) is 4.61. The van der Waals surface area contributed by atoms with Gasteiger partial charge in [-0.2, -0.15) is 5.10 Å². The minimum Gasteiger partial charge on any atom is -0.378 e. The van der Waals surface area contributed by atoms with Crippen molar-refractivity contribution in [3.63, 3.8) is 0 Å². The average molecular weight is 259 g/mol. The van der Waals surface area contributed by atoms with Crippen molar-refractivity contribution in [2.45, 2.75) is 38.3 Å². The van der Waals surface area contributed by atoms with Crippen molar-refractivity contribution in [2.24, 2.45) is 0 Å². The molecule has 0 saturated heterocycles. The minimum atomic E-state index is 0.589. The molecule has 78 valence electrons. The highest BCUT2D eigenvalue weighted by Gasteiger charge is 2.21. The quantitative estimate of drug-likeness (QED) is 0.834. The Bertz CT molecular complexity index is 305. The van der Waals surface area contributed by atoms with Crippen LogP contribution in [0, 0.1) is 0 Å². The molecule has 0 aromatic carbocycles. The highest BCUT2D eigenvalue weighted by Crippen LogP contribution is 2.31. The Balaban J connectivity index is 2.22. The van der Waals surface area contributed by atoms with Gasteiger partial charge >= 0.3 is 0 Å². The average Bonchev–Trinajstić information content (AvgIpc) is 2.77. The molecule has 0 atom stereocenters. The summed E-state index contributed by atoms with van der Waals surface area (Å²) in [7, 11) is 1.72. The molecule has 1 aromatic heterocycles. The van der Waals surface area contributed by atoms with Crippen molar-refractivity contribution in [1.29, 1.82) is 0 Å². The molecule has 1 aliphatic rings. The molecule has 0 aliphatic heterocycles. The summed E-state index contributed by atoms with van der Waals surface area (Å²) in [5, 5.41) is 4.41. The van der Waals surface area contributed by atoms with E-state index in [9.17, 15) is 0 Å². The van der Waals surface area contributed by atoms with Gasteiger partial charge in [-0.1, -0.05) is 12.8 Å². The van der Waals surface area contributed by atoms with E-state index in [4.69, 9.17) is 4.74 Å². The zero-order valence-electron chi connectivity index (χ0n) is 8.37. The third-order valence-corrected chi connectivity index (χ3v) is 3.46. The van der Waals surface area contributed by atoms with Crippen LogP contribution in [-0.4, -0.2) is 16.9 Å². The van der Waals surface area contributed by atoms with Gasteiger partial charge in [0.25, 0.3) is 0 Å². The van der Waals surface area contributed by atoms with Crippen LogP contribution < -0.4 is 0 Å². The number of nitrogens with zero attached hydrogens (tertiary/aromatic N) is 2. The molecule has 0 bridgehead atoms. The molecule has 4 heteroatoms. The van der Waals surface area contributed by atoms with E-state index in [0.29, 0.717) is 12.6 Å². The van der Waals surface area contributed by atoms with Gasteiger partial charge in [0.1, 0.15) is 0 Å². The molecule has 0 unspecified atom stereocenters. The minimum absolute atomic E-state index is 0.589. The first kappa shape index (κ1) is 10.2. The van der Waals surface area contributed by atoms with Crippen molar-refractivity contribution in [3.05, 3.63) is 16.4 Å². The molecule has 1 aromatic rings. The van der Waals surface area contributed by atoms with E-state index >= 15 is 0 Å². The van der Waals surface area contributed by atoms with E-state index in [-0.39, 0.29) is 0 Å². The van der Waals surface area contributed by atoms with Gasteiger partial charge in [-0.3, -0.25) is 4.68 Å². The normalized spacial score (nSPS) is 17.9. The number of hydrogen-bond donors (Lipinski definition) is 0. The Hall–Kier alpha value is -0.350. The topological polar surface area (TPSA) is 27.1 Å². The smallest absolute Gasteiger partial charge is 0.0892 e. The first-order valence-electron chi connectivity index (χ1n) is 5.03. The van der Waals surface area contributed by atoms with E-state index in [1.165, 1.54) is 31.4 Å². The third kappa shape index (κ3) is 1.86. The van der Waals surface area contributed by atoms with Crippen LogP contribution in [0.25, 0.3) is 0 Å². The van der Waals surface area contributed by atoms with E-state index in [2.05, 4.69) is 25.7 Å². The van der Waals surface area contributed by atoms with Crippen LogP contribution in [0.5, 0.6) is 0 Å². The SMILES string of the molecule is COCc1c(Br)cnn1C1CCCC1. The number of halogens is 1. The van der Waals surface area contributed by atoms with E-state index in [0.717, 1.165) is 4.47 Å². The molecule has 0 spiro atoms. The van der Waals surface area contributed by atoms with Crippen LogP contribution in [0.4, 0.5) is 0 Å². The molecule has 1 heterocycles. The van der Waals surface area contributed by atoms with Crippen molar-refractivity contribution >= 4 is 15.9 Å². The first-order valence-corrected chi connectivity index (χ1v) is 5.83. The Morgan fingerprint density at radius 2 is 2.29 bits per heavy atom. The number of rotatable bonds is 3. The Morgan fingerprint density at radius 3 is 2.93 bits per heavy atom. The molecule has 1 saturated carbocycles. The van der Waals surface area contributed by atoms with Crippen LogP contribution in [0.15, 0.2) is 10.7 Å². The monoisotopic (exact) mass is 258 g/mol. The predicted octanol–water partition coefficient (Wildman–Crippen LogP) is 2.91. The van der Waals surface area contributed by atoms with Gasteiger partial charge in [-0.25, -0.2) is 0 Å². The summed E-state index contributed by atoms with van der Waals surface area (Å²) in [5.74, 6) is 0. The Kier molecular flexibility index (Phi) is 3.23. The fraction of sp³-hybridized carbons (Fsp3) is 0.700. The van der Waals surface area contributed by atoms with E-state index < -0.39 is 0 Å². The van der Waals surface area contributed by atoms with Crippen LogP contribution in [0.2, 0.25) is 0 Å². The Morgan fingerprint density at radius 1 is 1.57 bits per heavy atom. The summed E-state index contributed by atoms with van der Waals surface area (Å²) in [4.78, 5) is 0. The standard InChI is InChI=1S/C10H15BrN2O/c1-14-7-10-9(11)6-12-13(10)8-4-2-3-5-8/h6,8H,2-5,7H2,1H3.